The van der Waals surface area contributed by atoms with E-state index in [0.717, 1.165) is 62.2 Å². The number of aromatic nitrogens is 3. The van der Waals surface area contributed by atoms with Crippen molar-refractivity contribution in [2.45, 2.75) is 68.3 Å². The van der Waals surface area contributed by atoms with Crippen LogP contribution < -0.4 is 15.5 Å². The summed E-state index contributed by atoms with van der Waals surface area (Å²) < 4.78 is 45.6. The molecule has 2 aliphatic carbocycles. The van der Waals surface area contributed by atoms with Crippen molar-refractivity contribution >= 4 is 50.4 Å². The predicted octanol–water partition coefficient (Wildman–Crippen LogP) is 3.48. The first-order chi connectivity index (χ1) is 17.7. The molecule has 0 bridgehead atoms. The van der Waals surface area contributed by atoms with E-state index in [1.807, 2.05) is 11.1 Å². The number of ether oxygens (including phenoxy) is 1. The summed E-state index contributed by atoms with van der Waals surface area (Å²) in [4.78, 5) is 20.8. The second-order valence-corrected chi connectivity index (χ2v) is 11.4. The molecule has 37 heavy (non-hydrogen) atoms. The third-order valence-corrected chi connectivity index (χ3v) is 8.02. The van der Waals surface area contributed by atoms with Crippen LogP contribution in [0.1, 0.15) is 51.9 Å². The lowest BCUT2D eigenvalue weighted by atomic mass is 9.80. The number of carbonyl (C=O) groups is 1. The number of benzene rings is 1. The lowest BCUT2D eigenvalue weighted by molar-refractivity contribution is -0.133. The van der Waals surface area contributed by atoms with Crippen molar-refractivity contribution in [2.75, 3.05) is 10.3 Å². The second-order valence-electron chi connectivity index (χ2n) is 9.79. The lowest BCUT2D eigenvalue weighted by Crippen LogP contribution is -2.51. The van der Waals surface area contributed by atoms with Gasteiger partial charge in [-0.15, -0.1) is 5.10 Å². The Morgan fingerprint density at radius 2 is 1.97 bits per heavy atom. The number of halogens is 1. The van der Waals surface area contributed by atoms with Gasteiger partial charge in [0.05, 0.1) is 16.6 Å². The van der Waals surface area contributed by atoms with Gasteiger partial charge in [-0.25, -0.2) is 27.9 Å². The van der Waals surface area contributed by atoms with Crippen LogP contribution in [0.4, 0.5) is 21.8 Å². The summed E-state index contributed by atoms with van der Waals surface area (Å²) >= 11 is 0. The summed E-state index contributed by atoms with van der Waals surface area (Å²) in [5.41, 5.74) is -0.0482. The van der Waals surface area contributed by atoms with Crippen LogP contribution in [-0.2, 0) is 25.1 Å². The molecule has 0 saturated heterocycles. The Morgan fingerprint density at radius 3 is 2.62 bits per heavy atom. The number of primary sulfonamides is 1. The number of rotatable bonds is 4. The summed E-state index contributed by atoms with van der Waals surface area (Å²) in [6.07, 6.45) is 8.07. The van der Waals surface area contributed by atoms with Crippen LogP contribution in [0.3, 0.4) is 0 Å². The minimum atomic E-state index is -4.04. The van der Waals surface area contributed by atoms with Gasteiger partial charge in [0.2, 0.25) is 21.9 Å². The van der Waals surface area contributed by atoms with E-state index in [1.165, 1.54) is 19.1 Å². The second kappa shape index (κ2) is 8.48. The first-order valence-corrected chi connectivity index (χ1v) is 13.8. The Labute approximate surface area is 212 Å². The van der Waals surface area contributed by atoms with Crippen LogP contribution in [0.2, 0.25) is 0 Å². The molecule has 2 saturated carbocycles. The Bertz CT molecular complexity index is 1560. The largest absolute Gasteiger partial charge is 0.407 e. The number of esters is 1. The molecule has 3 aromatic rings. The van der Waals surface area contributed by atoms with Gasteiger partial charge in [0.1, 0.15) is 22.8 Å². The van der Waals surface area contributed by atoms with Crippen molar-refractivity contribution in [1.82, 2.24) is 14.5 Å². The van der Waals surface area contributed by atoms with Crippen molar-refractivity contribution in [1.29, 1.82) is 0 Å². The third kappa shape index (κ3) is 4.11. The SMILES string of the molecule is CC(=O)OC1=NN(C2CC2)c2cc3cnc(Nc4ccc(S(N)(=O)=O)cc4F)nc3n2C12CCCCC2. The van der Waals surface area contributed by atoms with Gasteiger partial charge in [0, 0.05) is 18.5 Å². The molecule has 11 nitrogen and oxygen atoms in total. The molecule has 0 unspecified atom stereocenters. The minimum absolute atomic E-state index is 0.00586. The topological polar surface area (TPSA) is 145 Å². The zero-order chi connectivity index (χ0) is 25.9. The molecule has 1 aromatic carbocycles. The highest BCUT2D eigenvalue weighted by molar-refractivity contribution is 7.89. The number of nitrogens with two attached hydrogens (primary N) is 1. The number of hydrogen-bond donors (Lipinski definition) is 2. The van der Waals surface area contributed by atoms with E-state index < -0.39 is 27.3 Å². The van der Waals surface area contributed by atoms with E-state index in [4.69, 9.17) is 20.0 Å². The van der Waals surface area contributed by atoms with Gasteiger partial charge in [0.25, 0.3) is 0 Å². The van der Waals surface area contributed by atoms with Crippen molar-refractivity contribution in [2.24, 2.45) is 10.2 Å². The Hall–Kier alpha value is -3.58. The number of fused-ring (bicyclic) bond motifs is 4. The van der Waals surface area contributed by atoms with Crippen LogP contribution in [0, 0.1) is 5.82 Å². The first kappa shape index (κ1) is 23.8. The maximum absolute atomic E-state index is 14.7. The van der Waals surface area contributed by atoms with Crippen molar-refractivity contribution in [3.63, 3.8) is 0 Å². The van der Waals surface area contributed by atoms with Gasteiger partial charge in [-0.05, 0) is 49.9 Å². The van der Waals surface area contributed by atoms with Gasteiger partial charge in [-0.3, -0.25) is 9.36 Å². The number of sulfonamides is 1. The summed E-state index contributed by atoms with van der Waals surface area (Å²) in [5.74, 6) is 0.158. The number of carbonyl (C=O) groups excluding carboxylic acids is 1. The van der Waals surface area contributed by atoms with Gasteiger partial charge >= 0.3 is 5.97 Å². The van der Waals surface area contributed by atoms with E-state index in [-0.39, 0.29) is 22.6 Å². The first-order valence-electron chi connectivity index (χ1n) is 12.2. The van der Waals surface area contributed by atoms with Crippen molar-refractivity contribution in [3.8, 4) is 0 Å². The summed E-state index contributed by atoms with van der Waals surface area (Å²) in [6.45, 7) is 1.38. The molecule has 0 radical (unpaired) electrons. The lowest BCUT2D eigenvalue weighted by Gasteiger charge is -2.44. The minimum Gasteiger partial charge on any atom is -0.407 e. The van der Waals surface area contributed by atoms with E-state index >= 15 is 0 Å². The molecule has 194 valence electrons. The average molecular weight is 528 g/mol. The molecule has 3 aliphatic rings. The van der Waals surface area contributed by atoms with E-state index in [9.17, 15) is 17.6 Å². The smallest absolute Gasteiger partial charge is 0.309 e. The van der Waals surface area contributed by atoms with E-state index in [1.54, 1.807) is 6.20 Å². The maximum atomic E-state index is 14.7. The van der Waals surface area contributed by atoms with E-state index in [0.29, 0.717) is 11.5 Å². The highest BCUT2D eigenvalue weighted by atomic mass is 32.2. The Kier molecular flexibility index (Phi) is 5.46. The van der Waals surface area contributed by atoms with Gasteiger partial charge in [0.15, 0.2) is 0 Å². The standard InChI is InChI=1S/C24H26FN7O4S/c1-14(33)36-22-24(9-3-2-4-10-24)31-20(32(30-22)16-5-6-16)11-15-13-27-23(29-21(15)31)28-19-8-7-17(12-18(19)25)37(26,34)35/h7-8,11-13,16H,2-6,9-10H2,1H3,(H2,26,34,35)(H,27,28,29). The Balaban J connectivity index is 1.46. The Morgan fingerprint density at radius 1 is 1.22 bits per heavy atom. The van der Waals surface area contributed by atoms with Crippen molar-refractivity contribution < 1.29 is 22.3 Å². The zero-order valence-corrected chi connectivity index (χ0v) is 21.0. The zero-order valence-electron chi connectivity index (χ0n) is 20.1. The molecule has 1 aliphatic heterocycles. The molecular formula is C24H26FN7O4S. The normalized spacial score (nSPS) is 19.0. The summed E-state index contributed by atoms with van der Waals surface area (Å²) in [7, 11) is -4.04. The number of hydrogen-bond acceptors (Lipinski definition) is 9. The van der Waals surface area contributed by atoms with Crippen LogP contribution in [0.15, 0.2) is 40.5 Å². The summed E-state index contributed by atoms with van der Waals surface area (Å²) in [5, 5.41) is 15.5. The monoisotopic (exact) mass is 527 g/mol. The van der Waals surface area contributed by atoms with Crippen LogP contribution in [-0.4, -0.2) is 40.9 Å². The molecule has 13 heteroatoms. The number of nitrogens with one attached hydrogen (secondary N) is 1. The van der Waals surface area contributed by atoms with Gasteiger partial charge in [-0.2, -0.15) is 4.98 Å². The molecule has 3 N–H and O–H groups in total. The molecule has 6 rings (SSSR count). The molecule has 2 aromatic heterocycles. The molecule has 2 fully saturated rings. The highest BCUT2D eigenvalue weighted by Crippen LogP contribution is 2.48. The molecule has 3 heterocycles. The van der Waals surface area contributed by atoms with Crippen molar-refractivity contribution in [3.05, 3.63) is 36.3 Å². The quantitative estimate of drug-likeness (QED) is 0.491. The average Bonchev–Trinajstić information content (AvgIpc) is 3.61. The third-order valence-electron chi connectivity index (χ3n) is 7.11. The fourth-order valence-electron chi connectivity index (χ4n) is 5.27. The molecule has 1 spiro atoms. The van der Waals surface area contributed by atoms with Gasteiger partial charge in [-0.1, -0.05) is 19.3 Å². The molecular weight excluding hydrogens is 501 g/mol. The molecule has 0 amide bonds. The maximum Gasteiger partial charge on any atom is 0.309 e. The fourth-order valence-corrected chi connectivity index (χ4v) is 5.80. The van der Waals surface area contributed by atoms with Crippen LogP contribution >= 0.6 is 0 Å². The van der Waals surface area contributed by atoms with E-state index in [2.05, 4.69) is 14.9 Å². The van der Waals surface area contributed by atoms with Crippen LogP contribution in [0.5, 0.6) is 0 Å². The summed E-state index contributed by atoms with van der Waals surface area (Å²) in [6, 6.07) is 5.54. The highest BCUT2D eigenvalue weighted by Gasteiger charge is 2.49. The van der Waals surface area contributed by atoms with Gasteiger partial charge < -0.3 is 10.1 Å². The number of anilines is 3. The fraction of sp³-hybridized carbons (Fsp3) is 0.417. The number of nitrogens with zero attached hydrogens (tertiary/aromatic N) is 5. The number of hydrazone groups is 1. The van der Waals surface area contributed by atoms with Crippen LogP contribution in [0.25, 0.3) is 11.0 Å². The predicted molar refractivity (Wildman–Crippen MR) is 134 cm³/mol. The molecule has 0 atom stereocenters.